The zero-order chi connectivity index (χ0) is 16.5. The molecule has 0 radical (unpaired) electrons. The van der Waals surface area contributed by atoms with Crippen molar-refractivity contribution in [1.29, 1.82) is 0 Å². The van der Waals surface area contributed by atoms with Gasteiger partial charge in [0.15, 0.2) is 11.5 Å². The van der Waals surface area contributed by atoms with Crippen molar-refractivity contribution in [3.05, 3.63) is 51.5 Å². The van der Waals surface area contributed by atoms with Gasteiger partial charge < -0.3 is 9.47 Å². The van der Waals surface area contributed by atoms with Crippen molar-refractivity contribution in [2.75, 3.05) is 13.2 Å². The molecule has 24 heavy (non-hydrogen) atoms. The van der Waals surface area contributed by atoms with Crippen LogP contribution in [0, 0.1) is 0 Å². The zero-order valence-electron chi connectivity index (χ0n) is 12.4. The van der Waals surface area contributed by atoms with E-state index in [1.165, 1.54) is 4.80 Å². The van der Waals surface area contributed by atoms with Gasteiger partial charge in [0.05, 0.1) is 11.6 Å². The van der Waals surface area contributed by atoms with Gasteiger partial charge in [-0.1, -0.05) is 39.7 Å². The molecule has 0 spiro atoms. The molecule has 2 aromatic carbocycles. The molecule has 0 saturated carbocycles. The number of ether oxygens (including phenoxy) is 2. The van der Waals surface area contributed by atoms with Gasteiger partial charge >= 0.3 is 0 Å². The van der Waals surface area contributed by atoms with Gasteiger partial charge in [-0.2, -0.15) is 4.80 Å². The molecule has 0 aliphatic carbocycles. The molecular formula is C16H12BrClN4O2. The third-order valence-electron chi connectivity index (χ3n) is 3.59. The molecule has 1 aliphatic heterocycles. The Balaban J connectivity index is 1.62. The van der Waals surface area contributed by atoms with E-state index in [2.05, 4.69) is 31.3 Å². The van der Waals surface area contributed by atoms with Crippen molar-refractivity contribution in [3.8, 4) is 22.9 Å². The maximum Gasteiger partial charge on any atom is 0.206 e. The zero-order valence-corrected chi connectivity index (χ0v) is 14.8. The summed E-state index contributed by atoms with van der Waals surface area (Å²) >= 11 is 9.73. The van der Waals surface area contributed by atoms with E-state index in [0.29, 0.717) is 30.6 Å². The first-order valence-electron chi connectivity index (χ1n) is 7.31. The van der Waals surface area contributed by atoms with Crippen molar-refractivity contribution < 1.29 is 9.47 Å². The largest absolute Gasteiger partial charge is 0.486 e. The summed E-state index contributed by atoms with van der Waals surface area (Å²) in [5.41, 5.74) is 1.73. The normalized spacial score (nSPS) is 13.1. The number of rotatable bonds is 3. The van der Waals surface area contributed by atoms with Gasteiger partial charge in [0.25, 0.3) is 0 Å². The van der Waals surface area contributed by atoms with Gasteiger partial charge in [0.2, 0.25) is 5.82 Å². The molecule has 122 valence electrons. The predicted molar refractivity (Wildman–Crippen MR) is 92.5 cm³/mol. The summed E-state index contributed by atoms with van der Waals surface area (Å²) in [6.45, 7) is 1.56. The van der Waals surface area contributed by atoms with Crippen molar-refractivity contribution in [2.45, 2.75) is 6.54 Å². The first-order chi connectivity index (χ1) is 11.7. The average Bonchev–Trinajstić information content (AvgIpc) is 3.04. The molecule has 2 heterocycles. The number of hydrogen-bond donors (Lipinski definition) is 0. The Morgan fingerprint density at radius 3 is 2.67 bits per heavy atom. The van der Waals surface area contributed by atoms with Crippen molar-refractivity contribution in [3.63, 3.8) is 0 Å². The highest BCUT2D eigenvalue weighted by atomic mass is 79.9. The highest BCUT2D eigenvalue weighted by Crippen LogP contribution is 2.35. The Morgan fingerprint density at radius 1 is 1.12 bits per heavy atom. The molecule has 0 atom stereocenters. The predicted octanol–water partition coefficient (Wildman–Crippen LogP) is 3.58. The molecule has 1 aromatic heterocycles. The second kappa shape index (κ2) is 6.41. The Kier molecular flexibility index (Phi) is 4.12. The monoisotopic (exact) mass is 406 g/mol. The third-order valence-corrected chi connectivity index (χ3v) is 4.66. The summed E-state index contributed by atoms with van der Waals surface area (Å²) in [5.74, 6) is 1.96. The van der Waals surface area contributed by atoms with Gasteiger partial charge in [-0.3, -0.25) is 0 Å². The molecule has 0 unspecified atom stereocenters. The van der Waals surface area contributed by atoms with Crippen LogP contribution >= 0.6 is 27.5 Å². The van der Waals surface area contributed by atoms with Crippen molar-refractivity contribution in [1.82, 2.24) is 20.2 Å². The lowest BCUT2D eigenvalue weighted by atomic mass is 10.2. The molecule has 3 aromatic rings. The number of tetrazole rings is 1. The molecule has 0 bridgehead atoms. The van der Waals surface area contributed by atoms with Crippen LogP contribution in [0.25, 0.3) is 11.4 Å². The van der Waals surface area contributed by atoms with Crippen molar-refractivity contribution in [2.24, 2.45) is 0 Å². The van der Waals surface area contributed by atoms with Crippen LogP contribution in [0.15, 0.2) is 40.9 Å². The van der Waals surface area contributed by atoms with E-state index in [1.54, 1.807) is 6.07 Å². The van der Waals surface area contributed by atoms with Crippen LogP contribution in [0.4, 0.5) is 0 Å². The van der Waals surface area contributed by atoms with E-state index >= 15 is 0 Å². The van der Waals surface area contributed by atoms with E-state index < -0.39 is 0 Å². The molecule has 1 aliphatic rings. The lowest BCUT2D eigenvalue weighted by Crippen LogP contribution is -2.16. The van der Waals surface area contributed by atoms with Crippen LogP contribution in [0.3, 0.4) is 0 Å². The number of halogens is 2. The van der Waals surface area contributed by atoms with E-state index in [4.69, 9.17) is 21.1 Å². The average molecular weight is 408 g/mol. The smallest absolute Gasteiger partial charge is 0.206 e. The lowest BCUT2D eigenvalue weighted by molar-refractivity contribution is 0.171. The van der Waals surface area contributed by atoms with Crippen LogP contribution in [-0.4, -0.2) is 33.4 Å². The fraction of sp³-hybridized carbons (Fsp3) is 0.188. The fourth-order valence-corrected chi connectivity index (χ4v) is 3.11. The van der Waals surface area contributed by atoms with Gasteiger partial charge in [-0.15, -0.1) is 10.2 Å². The Labute approximate surface area is 151 Å². The van der Waals surface area contributed by atoms with Gasteiger partial charge in [0.1, 0.15) is 13.2 Å². The Bertz CT molecular complexity index is 900. The van der Waals surface area contributed by atoms with E-state index in [1.807, 2.05) is 30.3 Å². The topological polar surface area (TPSA) is 62.1 Å². The molecule has 0 N–H and O–H groups in total. The summed E-state index contributed by atoms with van der Waals surface area (Å²) in [6, 6.07) is 11.2. The summed E-state index contributed by atoms with van der Waals surface area (Å²) < 4.78 is 12.1. The number of benzene rings is 2. The van der Waals surface area contributed by atoms with E-state index in [-0.39, 0.29) is 0 Å². The first kappa shape index (κ1) is 15.4. The Morgan fingerprint density at radius 2 is 1.88 bits per heavy atom. The summed E-state index contributed by atoms with van der Waals surface area (Å²) in [5, 5.41) is 13.2. The van der Waals surface area contributed by atoms with Crippen LogP contribution in [0.5, 0.6) is 11.5 Å². The minimum absolute atomic E-state index is 0.453. The summed E-state index contributed by atoms with van der Waals surface area (Å²) in [6.07, 6.45) is 0. The SMILES string of the molecule is Clc1ccccc1-c1nnn(Cc2cc3c(cc2Br)OCCO3)n1. The van der Waals surface area contributed by atoms with Crippen molar-refractivity contribution >= 4 is 27.5 Å². The second-order valence-corrected chi connectivity index (χ2v) is 6.47. The minimum atomic E-state index is 0.453. The van der Waals surface area contributed by atoms with Gasteiger partial charge in [-0.25, -0.2) is 0 Å². The number of hydrogen-bond acceptors (Lipinski definition) is 5. The first-order valence-corrected chi connectivity index (χ1v) is 8.48. The molecule has 0 saturated heterocycles. The maximum absolute atomic E-state index is 6.18. The summed E-state index contributed by atoms with van der Waals surface area (Å²) in [4.78, 5) is 1.52. The highest BCUT2D eigenvalue weighted by molar-refractivity contribution is 9.10. The number of nitrogens with zero attached hydrogens (tertiary/aromatic N) is 4. The van der Waals surface area contributed by atoms with Gasteiger partial charge in [-0.05, 0) is 35.0 Å². The quantitative estimate of drug-likeness (QED) is 0.664. The number of aromatic nitrogens is 4. The maximum atomic E-state index is 6.18. The number of fused-ring (bicyclic) bond motifs is 1. The van der Waals surface area contributed by atoms with E-state index in [9.17, 15) is 0 Å². The highest BCUT2D eigenvalue weighted by Gasteiger charge is 2.16. The Hall–Kier alpha value is -2.12. The van der Waals surface area contributed by atoms with Crippen LogP contribution in [0.1, 0.15) is 5.56 Å². The van der Waals surface area contributed by atoms with E-state index in [0.717, 1.165) is 27.1 Å². The molecule has 8 heteroatoms. The van der Waals surface area contributed by atoms with Crippen LogP contribution < -0.4 is 9.47 Å². The lowest BCUT2D eigenvalue weighted by Gasteiger charge is -2.19. The second-order valence-electron chi connectivity index (χ2n) is 5.21. The fourth-order valence-electron chi connectivity index (χ4n) is 2.44. The van der Waals surface area contributed by atoms with Gasteiger partial charge in [0, 0.05) is 10.0 Å². The molecular weight excluding hydrogens is 396 g/mol. The third kappa shape index (κ3) is 2.97. The van der Waals surface area contributed by atoms with Crippen LogP contribution in [-0.2, 0) is 6.54 Å². The molecule has 4 rings (SSSR count). The summed E-state index contributed by atoms with van der Waals surface area (Å²) in [7, 11) is 0. The van der Waals surface area contributed by atoms with Crippen LogP contribution in [0.2, 0.25) is 5.02 Å². The minimum Gasteiger partial charge on any atom is -0.486 e. The standard InChI is InChI=1S/C16H12BrClN4O2/c17-12-8-15-14(23-5-6-24-15)7-10(12)9-22-20-16(19-21-22)11-3-1-2-4-13(11)18/h1-4,7-8H,5-6,9H2. The molecule has 0 amide bonds. The molecule has 0 fully saturated rings. The molecule has 6 nitrogen and oxygen atoms in total.